The minimum Gasteiger partial charge on any atom is -0.391 e. The molecule has 1 saturated heterocycles. The molecular formula is C13H20N2O. The lowest BCUT2D eigenvalue weighted by atomic mass is 9.87. The second kappa shape index (κ2) is 4.06. The maximum Gasteiger partial charge on any atom is 0.132 e. The Bertz CT molecular complexity index is 370. The second-order valence-corrected chi connectivity index (χ2v) is 5.51. The van der Waals surface area contributed by atoms with E-state index in [0.717, 1.165) is 18.8 Å². The molecule has 88 valence electrons. The van der Waals surface area contributed by atoms with E-state index in [2.05, 4.69) is 36.7 Å². The van der Waals surface area contributed by atoms with Crippen molar-refractivity contribution in [1.29, 1.82) is 0 Å². The predicted octanol–water partition coefficient (Wildman–Crippen LogP) is 1.95. The average molecular weight is 220 g/mol. The van der Waals surface area contributed by atoms with Gasteiger partial charge < -0.3 is 10.0 Å². The highest BCUT2D eigenvalue weighted by atomic mass is 16.3. The molecule has 2 heterocycles. The Morgan fingerprint density at radius 2 is 2.19 bits per heavy atom. The van der Waals surface area contributed by atoms with Crippen molar-refractivity contribution in [1.82, 2.24) is 4.98 Å². The molecule has 1 N–H and O–H groups in total. The Balaban J connectivity index is 2.34. The molecule has 1 fully saturated rings. The van der Waals surface area contributed by atoms with Gasteiger partial charge in [0.2, 0.25) is 0 Å². The first kappa shape index (κ1) is 11.4. The molecule has 0 bridgehead atoms. The van der Waals surface area contributed by atoms with Crippen molar-refractivity contribution in [3.05, 3.63) is 23.9 Å². The Hall–Kier alpha value is -1.09. The number of aliphatic hydroxyl groups is 1. The van der Waals surface area contributed by atoms with E-state index in [4.69, 9.17) is 0 Å². The van der Waals surface area contributed by atoms with Crippen LogP contribution in [0.4, 0.5) is 5.82 Å². The van der Waals surface area contributed by atoms with Crippen molar-refractivity contribution >= 4 is 5.82 Å². The van der Waals surface area contributed by atoms with Crippen LogP contribution < -0.4 is 4.90 Å². The van der Waals surface area contributed by atoms with E-state index in [1.807, 2.05) is 12.3 Å². The lowest BCUT2D eigenvalue weighted by Gasteiger charge is -2.27. The molecule has 0 radical (unpaired) electrons. The third kappa shape index (κ3) is 2.19. The van der Waals surface area contributed by atoms with Gasteiger partial charge in [-0.05, 0) is 17.9 Å². The Morgan fingerprint density at radius 1 is 1.44 bits per heavy atom. The zero-order valence-electron chi connectivity index (χ0n) is 10.3. The number of anilines is 1. The SMILES string of the molecule is CC(C)(C)c1cccnc1N1CCC(O)C1. The molecule has 0 aromatic carbocycles. The number of pyridine rings is 1. The van der Waals surface area contributed by atoms with Crippen molar-refractivity contribution in [2.75, 3.05) is 18.0 Å². The summed E-state index contributed by atoms with van der Waals surface area (Å²) in [5.74, 6) is 1.03. The maximum atomic E-state index is 9.59. The van der Waals surface area contributed by atoms with Crippen molar-refractivity contribution in [3.63, 3.8) is 0 Å². The number of aliphatic hydroxyl groups excluding tert-OH is 1. The lowest BCUT2D eigenvalue weighted by Crippen LogP contribution is -2.26. The van der Waals surface area contributed by atoms with Crippen molar-refractivity contribution in [2.45, 2.75) is 38.7 Å². The van der Waals surface area contributed by atoms with Crippen LogP contribution in [0.2, 0.25) is 0 Å². The van der Waals surface area contributed by atoms with Gasteiger partial charge in [0.1, 0.15) is 5.82 Å². The van der Waals surface area contributed by atoms with E-state index < -0.39 is 0 Å². The van der Waals surface area contributed by atoms with Gasteiger partial charge in [-0.1, -0.05) is 26.8 Å². The maximum absolute atomic E-state index is 9.59. The fraction of sp³-hybridized carbons (Fsp3) is 0.615. The summed E-state index contributed by atoms with van der Waals surface area (Å²) < 4.78 is 0. The van der Waals surface area contributed by atoms with Gasteiger partial charge in [-0.3, -0.25) is 0 Å². The average Bonchev–Trinajstić information content (AvgIpc) is 2.64. The monoisotopic (exact) mass is 220 g/mol. The molecule has 1 aromatic heterocycles. The van der Waals surface area contributed by atoms with E-state index in [1.165, 1.54) is 5.56 Å². The zero-order valence-corrected chi connectivity index (χ0v) is 10.3. The molecule has 0 saturated carbocycles. The summed E-state index contributed by atoms with van der Waals surface area (Å²) in [6.45, 7) is 8.20. The van der Waals surface area contributed by atoms with Crippen LogP contribution in [0.5, 0.6) is 0 Å². The van der Waals surface area contributed by atoms with E-state index in [0.29, 0.717) is 6.54 Å². The van der Waals surface area contributed by atoms with Crippen LogP contribution in [-0.2, 0) is 5.41 Å². The van der Waals surface area contributed by atoms with Crippen molar-refractivity contribution in [3.8, 4) is 0 Å². The van der Waals surface area contributed by atoms with Gasteiger partial charge in [0.15, 0.2) is 0 Å². The molecule has 0 aliphatic carbocycles. The molecule has 1 aliphatic rings. The first-order chi connectivity index (χ1) is 7.48. The minimum atomic E-state index is -0.199. The highest BCUT2D eigenvalue weighted by Crippen LogP contribution is 2.31. The van der Waals surface area contributed by atoms with E-state index in [-0.39, 0.29) is 11.5 Å². The number of aromatic nitrogens is 1. The fourth-order valence-electron chi connectivity index (χ4n) is 2.17. The number of hydrogen-bond donors (Lipinski definition) is 1. The first-order valence-electron chi connectivity index (χ1n) is 5.87. The van der Waals surface area contributed by atoms with Crippen LogP contribution in [0.3, 0.4) is 0 Å². The fourth-order valence-corrected chi connectivity index (χ4v) is 2.17. The topological polar surface area (TPSA) is 36.4 Å². The molecule has 3 nitrogen and oxygen atoms in total. The normalized spacial score (nSPS) is 21.5. The standard InChI is InChI=1S/C13H20N2O/c1-13(2,3)11-5-4-7-14-12(11)15-8-6-10(16)9-15/h4-5,7,10,16H,6,8-9H2,1-3H3. The van der Waals surface area contributed by atoms with Crippen LogP contribution in [0.15, 0.2) is 18.3 Å². The van der Waals surface area contributed by atoms with E-state index in [9.17, 15) is 5.11 Å². The molecular weight excluding hydrogens is 200 g/mol. The molecule has 16 heavy (non-hydrogen) atoms. The van der Waals surface area contributed by atoms with Gasteiger partial charge in [0.05, 0.1) is 6.10 Å². The van der Waals surface area contributed by atoms with Crippen LogP contribution in [0, 0.1) is 0 Å². The van der Waals surface area contributed by atoms with Gasteiger partial charge in [0, 0.05) is 24.8 Å². The van der Waals surface area contributed by atoms with E-state index >= 15 is 0 Å². The summed E-state index contributed by atoms with van der Waals surface area (Å²) in [6, 6.07) is 4.11. The second-order valence-electron chi connectivity index (χ2n) is 5.51. The van der Waals surface area contributed by atoms with E-state index in [1.54, 1.807) is 0 Å². The van der Waals surface area contributed by atoms with Crippen molar-refractivity contribution in [2.24, 2.45) is 0 Å². The molecule has 1 aliphatic heterocycles. The first-order valence-corrected chi connectivity index (χ1v) is 5.87. The third-order valence-electron chi connectivity index (χ3n) is 3.06. The van der Waals surface area contributed by atoms with Gasteiger partial charge in [-0.15, -0.1) is 0 Å². The van der Waals surface area contributed by atoms with Gasteiger partial charge >= 0.3 is 0 Å². The van der Waals surface area contributed by atoms with Gasteiger partial charge in [-0.2, -0.15) is 0 Å². The molecule has 0 amide bonds. The number of β-amino-alcohol motifs (C(OH)–C–C–N with tert-alkyl or cyclic N) is 1. The summed E-state index contributed by atoms with van der Waals surface area (Å²) in [4.78, 5) is 6.66. The quantitative estimate of drug-likeness (QED) is 0.786. The molecule has 1 aromatic rings. The predicted molar refractivity (Wildman–Crippen MR) is 65.8 cm³/mol. The van der Waals surface area contributed by atoms with Gasteiger partial charge in [-0.25, -0.2) is 4.98 Å². The number of hydrogen-bond acceptors (Lipinski definition) is 3. The van der Waals surface area contributed by atoms with Crippen LogP contribution in [0.1, 0.15) is 32.8 Å². The Morgan fingerprint density at radius 3 is 2.75 bits per heavy atom. The minimum absolute atomic E-state index is 0.0944. The zero-order chi connectivity index (χ0) is 11.8. The van der Waals surface area contributed by atoms with Crippen LogP contribution in [0.25, 0.3) is 0 Å². The largest absolute Gasteiger partial charge is 0.391 e. The number of nitrogens with zero attached hydrogens (tertiary/aromatic N) is 2. The van der Waals surface area contributed by atoms with Crippen molar-refractivity contribution < 1.29 is 5.11 Å². The summed E-state index contributed by atoms with van der Waals surface area (Å²) in [6.07, 6.45) is 2.48. The lowest BCUT2D eigenvalue weighted by molar-refractivity contribution is 0.198. The molecule has 1 atom stereocenters. The molecule has 3 heteroatoms. The highest BCUT2D eigenvalue weighted by Gasteiger charge is 2.26. The molecule has 1 unspecified atom stereocenters. The van der Waals surface area contributed by atoms with Crippen LogP contribution in [-0.4, -0.2) is 29.3 Å². The van der Waals surface area contributed by atoms with Gasteiger partial charge in [0.25, 0.3) is 0 Å². The highest BCUT2D eigenvalue weighted by molar-refractivity contribution is 5.51. The number of rotatable bonds is 1. The third-order valence-corrected chi connectivity index (χ3v) is 3.06. The smallest absolute Gasteiger partial charge is 0.132 e. The Labute approximate surface area is 97.1 Å². The summed E-state index contributed by atoms with van der Waals surface area (Å²) in [5.41, 5.74) is 1.35. The summed E-state index contributed by atoms with van der Waals surface area (Å²) in [7, 11) is 0. The molecule has 2 rings (SSSR count). The summed E-state index contributed by atoms with van der Waals surface area (Å²) in [5, 5.41) is 9.59. The Kier molecular flexibility index (Phi) is 2.89. The summed E-state index contributed by atoms with van der Waals surface area (Å²) >= 11 is 0. The molecule has 0 spiro atoms. The van der Waals surface area contributed by atoms with Crippen LogP contribution >= 0.6 is 0 Å².